The second kappa shape index (κ2) is 4.84. The summed E-state index contributed by atoms with van der Waals surface area (Å²) >= 11 is 0. The van der Waals surface area contributed by atoms with Gasteiger partial charge in [-0.3, -0.25) is 0 Å². The van der Waals surface area contributed by atoms with E-state index in [4.69, 9.17) is 0 Å². The van der Waals surface area contributed by atoms with E-state index < -0.39 is 15.8 Å². The average Bonchev–Trinajstić information content (AvgIpc) is 2.77. The quantitative estimate of drug-likeness (QED) is 0.911. The molecule has 0 bridgehead atoms. The van der Waals surface area contributed by atoms with Gasteiger partial charge in [-0.2, -0.15) is 0 Å². The summed E-state index contributed by atoms with van der Waals surface area (Å²) in [4.78, 5) is 15.6. The Balaban J connectivity index is 2.10. The molecule has 0 saturated carbocycles. The Kier molecular flexibility index (Phi) is 3.24. The van der Waals surface area contributed by atoms with E-state index in [9.17, 15) is 18.3 Å². The van der Waals surface area contributed by atoms with Gasteiger partial charge >= 0.3 is 5.97 Å². The zero-order valence-corrected chi connectivity index (χ0v) is 12.4. The van der Waals surface area contributed by atoms with Gasteiger partial charge in [-0.15, -0.1) is 0 Å². The molecule has 1 fully saturated rings. The molecule has 112 valence electrons. The first kappa shape index (κ1) is 14.1. The lowest BCUT2D eigenvalue weighted by atomic mass is 10.0. The predicted molar refractivity (Wildman–Crippen MR) is 77.5 cm³/mol. The minimum atomic E-state index is -2.95. The fraction of sp³-hybridized carbons (Fsp3) is 0.429. The molecule has 1 N–H and O–H groups in total. The molecule has 0 radical (unpaired) electrons. The van der Waals surface area contributed by atoms with E-state index in [2.05, 4.69) is 4.98 Å². The number of nitrogens with zero attached hydrogens (tertiary/aromatic N) is 2. The van der Waals surface area contributed by atoms with Crippen molar-refractivity contribution in [3.05, 3.63) is 35.4 Å². The Bertz CT molecular complexity index is 809. The van der Waals surface area contributed by atoms with E-state index in [-0.39, 0.29) is 23.1 Å². The van der Waals surface area contributed by atoms with E-state index in [1.807, 2.05) is 19.2 Å². The van der Waals surface area contributed by atoms with Crippen LogP contribution in [0, 0.1) is 6.92 Å². The lowest BCUT2D eigenvalue weighted by Crippen LogP contribution is -2.23. The number of hydrogen-bond acceptors (Lipinski definition) is 4. The number of carbonyl (C=O) groups is 1. The van der Waals surface area contributed by atoms with Gasteiger partial charge in [0, 0.05) is 12.1 Å². The van der Waals surface area contributed by atoms with Crippen molar-refractivity contribution in [3.63, 3.8) is 0 Å². The molecule has 1 aliphatic heterocycles. The lowest BCUT2D eigenvalue weighted by Gasteiger charge is -2.20. The van der Waals surface area contributed by atoms with Crippen LogP contribution in [0.15, 0.2) is 18.3 Å². The minimum absolute atomic E-state index is 0.0177. The molecule has 1 aliphatic rings. The summed E-state index contributed by atoms with van der Waals surface area (Å²) in [5.74, 6) is -0.148. The van der Waals surface area contributed by atoms with Crippen LogP contribution in [0.25, 0.3) is 5.52 Å². The number of aromatic nitrogens is 2. The van der Waals surface area contributed by atoms with Gasteiger partial charge in [-0.1, -0.05) is 6.07 Å². The monoisotopic (exact) mass is 308 g/mol. The van der Waals surface area contributed by atoms with E-state index in [0.29, 0.717) is 24.2 Å². The van der Waals surface area contributed by atoms with Crippen molar-refractivity contribution < 1.29 is 18.3 Å². The van der Waals surface area contributed by atoms with Gasteiger partial charge in [0.05, 0.1) is 17.0 Å². The van der Waals surface area contributed by atoms with Gasteiger partial charge in [0.25, 0.3) is 0 Å². The lowest BCUT2D eigenvalue weighted by molar-refractivity contribution is 0.0693. The minimum Gasteiger partial charge on any atom is -0.476 e. The third-order valence-electron chi connectivity index (χ3n) is 3.93. The van der Waals surface area contributed by atoms with Crippen LogP contribution in [0.4, 0.5) is 0 Å². The molecular formula is C14H16N2O4S. The van der Waals surface area contributed by atoms with Crippen molar-refractivity contribution in [1.29, 1.82) is 0 Å². The molecule has 0 atom stereocenters. The van der Waals surface area contributed by atoms with Gasteiger partial charge in [-0.05, 0) is 31.4 Å². The average molecular weight is 308 g/mol. The number of carboxylic acid groups (broad SMARTS) is 1. The number of fused-ring (bicyclic) bond motifs is 1. The first-order chi connectivity index (χ1) is 9.87. The number of carboxylic acids is 1. The van der Waals surface area contributed by atoms with Crippen LogP contribution in [-0.4, -0.2) is 40.4 Å². The highest BCUT2D eigenvalue weighted by molar-refractivity contribution is 7.91. The molecule has 2 aromatic heterocycles. The van der Waals surface area contributed by atoms with Crippen LogP contribution in [0.5, 0.6) is 0 Å². The van der Waals surface area contributed by atoms with Gasteiger partial charge in [-0.25, -0.2) is 18.2 Å². The smallest absolute Gasteiger partial charge is 0.356 e. The van der Waals surface area contributed by atoms with Crippen molar-refractivity contribution in [1.82, 2.24) is 9.38 Å². The molecule has 0 unspecified atom stereocenters. The predicted octanol–water partition coefficient (Wildman–Crippen LogP) is 1.63. The van der Waals surface area contributed by atoms with Gasteiger partial charge < -0.3 is 9.51 Å². The SMILES string of the molecule is Cc1ccc2c(C(=O)O)nc(C3CCS(=O)(=O)CC3)n2c1. The number of imidazole rings is 1. The molecular weight excluding hydrogens is 292 g/mol. The molecule has 7 heteroatoms. The maximum atomic E-state index is 11.5. The molecule has 2 aromatic rings. The summed E-state index contributed by atoms with van der Waals surface area (Å²) in [5, 5.41) is 9.28. The normalized spacial score (nSPS) is 18.9. The number of hydrogen-bond donors (Lipinski definition) is 1. The summed E-state index contributed by atoms with van der Waals surface area (Å²) in [7, 11) is -2.95. The highest BCUT2D eigenvalue weighted by Crippen LogP contribution is 2.30. The van der Waals surface area contributed by atoms with Crippen LogP contribution in [-0.2, 0) is 9.84 Å². The number of sulfone groups is 1. The topological polar surface area (TPSA) is 88.7 Å². The van der Waals surface area contributed by atoms with Crippen LogP contribution < -0.4 is 0 Å². The fourth-order valence-electron chi connectivity index (χ4n) is 2.81. The number of aromatic carboxylic acids is 1. The Morgan fingerprint density at radius 1 is 1.33 bits per heavy atom. The van der Waals surface area contributed by atoms with Crippen molar-refractivity contribution in [2.75, 3.05) is 11.5 Å². The van der Waals surface area contributed by atoms with Crippen LogP contribution >= 0.6 is 0 Å². The molecule has 6 nitrogen and oxygen atoms in total. The number of pyridine rings is 1. The first-order valence-corrected chi connectivity index (χ1v) is 8.62. The van der Waals surface area contributed by atoms with E-state index in [1.54, 1.807) is 10.5 Å². The Morgan fingerprint density at radius 3 is 2.62 bits per heavy atom. The number of rotatable bonds is 2. The van der Waals surface area contributed by atoms with E-state index in [0.717, 1.165) is 5.56 Å². The summed E-state index contributed by atoms with van der Waals surface area (Å²) in [6, 6.07) is 3.59. The summed E-state index contributed by atoms with van der Waals surface area (Å²) in [6.07, 6.45) is 2.84. The molecule has 0 amide bonds. The highest BCUT2D eigenvalue weighted by Gasteiger charge is 2.29. The third-order valence-corrected chi connectivity index (χ3v) is 5.65. The van der Waals surface area contributed by atoms with Gasteiger partial charge in [0.1, 0.15) is 15.7 Å². The van der Waals surface area contributed by atoms with Gasteiger partial charge in [0.15, 0.2) is 5.69 Å². The molecule has 0 spiro atoms. The van der Waals surface area contributed by atoms with Crippen molar-refractivity contribution >= 4 is 21.3 Å². The molecule has 1 saturated heterocycles. The summed E-state index contributed by atoms with van der Waals surface area (Å²) < 4.78 is 24.9. The highest BCUT2D eigenvalue weighted by atomic mass is 32.2. The molecule has 3 rings (SSSR count). The summed E-state index contributed by atoms with van der Waals surface area (Å²) in [5.41, 5.74) is 1.58. The second-order valence-electron chi connectivity index (χ2n) is 5.51. The van der Waals surface area contributed by atoms with Crippen molar-refractivity contribution in [3.8, 4) is 0 Å². The van der Waals surface area contributed by atoms with Crippen LogP contribution in [0.1, 0.15) is 40.6 Å². The second-order valence-corrected chi connectivity index (χ2v) is 7.82. The van der Waals surface area contributed by atoms with E-state index >= 15 is 0 Å². The maximum absolute atomic E-state index is 11.5. The number of aryl methyl sites for hydroxylation is 1. The largest absolute Gasteiger partial charge is 0.476 e. The zero-order valence-electron chi connectivity index (χ0n) is 11.6. The molecule has 21 heavy (non-hydrogen) atoms. The third kappa shape index (κ3) is 2.53. The first-order valence-electron chi connectivity index (χ1n) is 6.80. The standard InChI is InChI=1S/C14H16N2O4S/c1-9-2-3-11-12(14(17)18)15-13(16(11)8-9)10-4-6-21(19,20)7-5-10/h2-3,8,10H,4-7H2,1H3,(H,17,18). The van der Waals surface area contributed by atoms with Crippen molar-refractivity contribution in [2.45, 2.75) is 25.7 Å². The molecule has 3 heterocycles. The summed E-state index contributed by atoms with van der Waals surface area (Å²) in [6.45, 7) is 1.93. The van der Waals surface area contributed by atoms with Gasteiger partial charge in [0.2, 0.25) is 0 Å². The zero-order chi connectivity index (χ0) is 15.2. The van der Waals surface area contributed by atoms with Crippen LogP contribution in [0.3, 0.4) is 0 Å². The van der Waals surface area contributed by atoms with E-state index in [1.165, 1.54) is 0 Å². The maximum Gasteiger partial charge on any atom is 0.356 e. The Hall–Kier alpha value is -1.89. The Morgan fingerprint density at radius 2 is 2.00 bits per heavy atom. The molecule has 0 aromatic carbocycles. The van der Waals surface area contributed by atoms with Crippen LogP contribution in [0.2, 0.25) is 0 Å². The Labute approximate surface area is 122 Å². The fourth-order valence-corrected chi connectivity index (χ4v) is 4.30. The molecule has 0 aliphatic carbocycles. The van der Waals surface area contributed by atoms with Crippen molar-refractivity contribution in [2.24, 2.45) is 0 Å².